The molecule has 1 heterocycles. The van der Waals surface area contributed by atoms with Gasteiger partial charge in [0.2, 0.25) is 6.41 Å². The molecule has 0 fully saturated rings. The number of aromatic nitrogens is 1. The van der Waals surface area contributed by atoms with Crippen LogP contribution < -0.4 is 9.88 Å². The van der Waals surface area contributed by atoms with E-state index in [0.717, 1.165) is 18.7 Å². The summed E-state index contributed by atoms with van der Waals surface area (Å²) in [6, 6.07) is 3.78. The van der Waals surface area contributed by atoms with Crippen molar-refractivity contribution in [1.82, 2.24) is 0 Å². The van der Waals surface area contributed by atoms with Crippen molar-refractivity contribution < 1.29 is 9.36 Å². The van der Waals surface area contributed by atoms with Crippen molar-refractivity contribution >= 4 is 12.1 Å². The zero-order valence-corrected chi connectivity index (χ0v) is 7.16. The van der Waals surface area contributed by atoms with Crippen LogP contribution in [0.4, 0.5) is 5.69 Å². The van der Waals surface area contributed by atoms with Crippen LogP contribution >= 0.6 is 0 Å². The first kappa shape index (κ1) is 8.71. The lowest BCUT2D eigenvalue weighted by atomic mass is 10.4. The number of anilines is 1. The number of carbonyl (C=O) groups excluding carboxylic acids is 1. The topological polar surface area (TPSA) is 33.0 Å². The Morgan fingerprint density at radius 3 is 3.17 bits per heavy atom. The Bertz CT molecular complexity index is 260. The number of aryl methyl sites for hydroxylation is 1. The third kappa shape index (κ3) is 2.34. The molecule has 0 radical (unpaired) electrons. The van der Waals surface area contributed by atoms with Crippen LogP contribution in [-0.2, 0) is 11.3 Å². The summed E-state index contributed by atoms with van der Waals surface area (Å²) >= 11 is 0. The highest BCUT2D eigenvalue weighted by atomic mass is 16.1. The highest BCUT2D eigenvalue weighted by molar-refractivity contribution is 5.69. The van der Waals surface area contributed by atoms with Gasteiger partial charge in [-0.15, -0.1) is 0 Å². The van der Waals surface area contributed by atoms with Crippen molar-refractivity contribution in [1.29, 1.82) is 0 Å². The number of hydrogen-bond donors (Lipinski definition) is 1. The molecular formula is C9H13N2O+. The molecule has 1 rings (SSSR count). The molecule has 0 aliphatic heterocycles. The molecule has 1 amide bonds. The number of carbonyl (C=O) groups is 1. The van der Waals surface area contributed by atoms with Crippen molar-refractivity contribution in [2.45, 2.75) is 19.9 Å². The summed E-state index contributed by atoms with van der Waals surface area (Å²) in [6.45, 7) is 3.10. The predicted octanol–water partition coefficient (Wildman–Crippen LogP) is 0.952. The van der Waals surface area contributed by atoms with E-state index in [1.54, 1.807) is 0 Å². The Hall–Kier alpha value is -1.38. The highest BCUT2D eigenvalue weighted by Gasteiger charge is 1.98. The van der Waals surface area contributed by atoms with Gasteiger partial charge in [-0.3, -0.25) is 4.79 Å². The van der Waals surface area contributed by atoms with E-state index in [2.05, 4.69) is 12.2 Å². The molecule has 12 heavy (non-hydrogen) atoms. The number of hydrogen-bond acceptors (Lipinski definition) is 1. The van der Waals surface area contributed by atoms with Crippen LogP contribution in [0.2, 0.25) is 0 Å². The Balaban J connectivity index is 2.73. The maximum Gasteiger partial charge on any atom is 0.211 e. The van der Waals surface area contributed by atoms with Gasteiger partial charge in [-0.2, -0.15) is 0 Å². The second-order valence-corrected chi connectivity index (χ2v) is 2.59. The van der Waals surface area contributed by atoms with E-state index in [9.17, 15) is 4.79 Å². The van der Waals surface area contributed by atoms with Gasteiger partial charge < -0.3 is 5.32 Å². The molecule has 0 unspecified atom stereocenters. The normalized spacial score (nSPS) is 9.42. The van der Waals surface area contributed by atoms with Crippen LogP contribution in [0.3, 0.4) is 0 Å². The van der Waals surface area contributed by atoms with Crippen LogP contribution in [0.5, 0.6) is 0 Å². The molecule has 0 aromatic carbocycles. The van der Waals surface area contributed by atoms with Gasteiger partial charge in [-0.05, 0) is 6.07 Å². The SMILES string of the molecule is CCC[n+]1cccc(NC=O)c1. The molecule has 0 bridgehead atoms. The van der Waals surface area contributed by atoms with E-state index in [4.69, 9.17) is 0 Å². The van der Waals surface area contributed by atoms with E-state index in [1.807, 2.05) is 29.1 Å². The molecule has 3 heteroatoms. The van der Waals surface area contributed by atoms with Gasteiger partial charge in [0.05, 0.1) is 0 Å². The molecule has 0 aliphatic carbocycles. The van der Waals surface area contributed by atoms with Gasteiger partial charge in [0.1, 0.15) is 12.2 Å². The Morgan fingerprint density at radius 1 is 1.67 bits per heavy atom. The zero-order valence-electron chi connectivity index (χ0n) is 7.16. The molecule has 0 saturated heterocycles. The van der Waals surface area contributed by atoms with Crippen molar-refractivity contribution in [3.05, 3.63) is 24.5 Å². The molecule has 1 N–H and O–H groups in total. The number of nitrogens with one attached hydrogen (secondary N) is 1. The third-order valence-corrected chi connectivity index (χ3v) is 1.57. The minimum Gasteiger partial charge on any atom is -0.324 e. The maximum absolute atomic E-state index is 10.1. The number of amides is 1. The van der Waals surface area contributed by atoms with Crippen molar-refractivity contribution in [3.63, 3.8) is 0 Å². The summed E-state index contributed by atoms with van der Waals surface area (Å²) in [5.41, 5.74) is 0.834. The van der Waals surface area contributed by atoms with E-state index >= 15 is 0 Å². The fraction of sp³-hybridized carbons (Fsp3) is 0.333. The quantitative estimate of drug-likeness (QED) is 0.523. The van der Waals surface area contributed by atoms with Crippen LogP contribution in [-0.4, -0.2) is 6.41 Å². The largest absolute Gasteiger partial charge is 0.324 e. The van der Waals surface area contributed by atoms with Crippen molar-refractivity contribution in [2.24, 2.45) is 0 Å². The molecule has 1 aromatic heterocycles. The monoisotopic (exact) mass is 165 g/mol. The maximum atomic E-state index is 10.1. The van der Waals surface area contributed by atoms with Gasteiger partial charge in [0.25, 0.3) is 0 Å². The average Bonchev–Trinajstić information content (AvgIpc) is 2.06. The summed E-state index contributed by atoms with van der Waals surface area (Å²) in [4.78, 5) is 10.1. The summed E-state index contributed by atoms with van der Waals surface area (Å²) in [5, 5.41) is 2.60. The first-order chi connectivity index (χ1) is 5.86. The molecule has 0 saturated carbocycles. The third-order valence-electron chi connectivity index (χ3n) is 1.57. The Kier molecular flexibility index (Phi) is 3.26. The number of pyridine rings is 1. The Labute approximate surface area is 72.0 Å². The molecule has 3 nitrogen and oxygen atoms in total. The van der Waals surface area contributed by atoms with Gasteiger partial charge in [-0.1, -0.05) is 6.92 Å². The minimum atomic E-state index is 0.686. The lowest BCUT2D eigenvalue weighted by Crippen LogP contribution is -2.32. The van der Waals surface area contributed by atoms with Crippen LogP contribution in [0.1, 0.15) is 13.3 Å². The molecule has 0 atom stereocenters. The molecule has 1 aromatic rings. The number of rotatable bonds is 4. The highest BCUT2D eigenvalue weighted by Crippen LogP contribution is 1.99. The van der Waals surface area contributed by atoms with E-state index in [1.165, 1.54) is 0 Å². The molecule has 0 spiro atoms. The van der Waals surface area contributed by atoms with Gasteiger partial charge >= 0.3 is 0 Å². The molecule has 64 valence electrons. The Morgan fingerprint density at radius 2 is 2.50 bits per heavy atom. The smallest absolute Gasteiger partial charge is 0.211 e. The van der Waals surface area contributed by atoms with Gasteiger partial charge in [0.15, 0.2) is 12.4 Å². The fourth-order valence-electron chi connectivity index (χ4n) is 1.07. The predicted molar refractivity (Wildman–Crippen MR) is 46.6 cm³/mol. The second kappa shape index (κ2) is 4.49. The van der Waals surface area contributed by atoms with E-state index < -0.39 is 0 Å². The molecular weight excluding hydrogens is 152 g/mol. The van der Waals surface area contributed by atoms with Crippen molar-refractivity contribution in [2.75, 3.05) is 5.32 Å². The first-order valence-electron chi connectivity index (χ1n) is 4.06. The summed E-state index contributed by atoms with van der Waals surface area (Å²) in [5.74, 6) is 0. The summed E-state index contributed by atoms with van der Waals surface area (Å²) < 4.78 is 2.05. The second-order valence-electron chi connectivity index (χ2n) is 2.59. The lowest BCUT2D eigenvalue weighted by Gasteiger charge is -1.96. The van der Waals surface area contributed by atoms with Crippen LogP contribution in [0.25, 0.3) is 0 Å². The first-order valence-corrected chi connectivity index (χ1v) is 4.06. The number of nitrogens with zero attached hydrogens (tertiary/aromatic N) is 1. The zero-order chi connectivity index (χ0) is 8.81. The molecule has 0 aliphatic rings. The minimum absolute atomic E-state index is 0.686. The lowest BCUT2D eigenvalue weighted by molar-refractivity contribution is -0.696. The van der Waals surface area contributed by atoms with Crippen molar-refractivity contribution in [3.8, 4) is 0 Å². The standard InChI is InChI=1S/C9H12N2O/c1-2-5-11-6-3-4-9(7-11)10-8-12/h3-4,6-8H,2,5H2,1H3/p+1. The summed E-state index contributed by atoms with van der Waals surface area (Å²) in [6.07, 6.45) is 5.68. The van der Waals surface area contributed by atoms with Gasteiger partial charge in [-0.25, -0.2) is 4.57 Å². The summed E-state index contributed by atoms with van der Waals surface area (Å²) in [7, 11) is 0. The average molecular weight is 165 g/mol. The van der Waals surface area contributed by atoms with Crippen LogP contribution in [0.15, 0.2) is 24.5 Å². The van der Waals surface area contributed by atoms with E-state index in [-0.39, 0.29) is 0 Å². The van der Waals surface area contributed by atoms with Gasteiger partial charge in [0, 0.05) is 12.5 Å². The van der Waals surface area contributed by atoms with E-state index in [0.29, 0.717) is 6.41 Å². The fourth-order valence-corrected chi connectivity index (χ4v) is 1.07. The van der Waals surface area contributed by atoms with Crippen LogP contribution in [0, 0.1) is 0 Å².